The van der Waals surface area contributed by atoms with Crippen LogP contribution in [-0.2, 0) is 6.54 Å². The molecule has 92 valence electrons. The second-order valence-electron chi connectivity index (χ2n) is 5.80. The highest BCUT2D eigenvalue weighted by molar-refractivity contribution is 5.15. The van der Waals surface area contributed by atoms with Gasteiger partial charge < -0.3 is 4.90 Å². The molecule has 1 aromatic rings. The molecule has 3 atom stereocenters. The van der Waals surface area contributed by atoms with E-state index >= 15 is 0 Å². The minimum absolute atomic E-state index is 0.741. The van der Waals surface area contributed by atoms with Crippen molar-refractivity contribution in [2.75, 3.05) is 26.7 Å². The Hall–Kier alpha value is -0.860. The molecule has 17 heavy (non-hydrogen) atoms. The van der Waals surface area contributed by atoms with Crippen molar-refractivity contribution in [3.63, 3.8) is 0 Å². The Balaban J connectivity index is 1.67. The predicted molar refractivity (Wildman–Crippen MR) is 70.8 cm³/mol. The van der Waals surface area contributed by atoms with Gasteiger partial charge in [-0.25, -0.2) is 0 Å². The first-order valence-electron chi connectivity index (χ1n) is 6.70. The summed E-state index contributed by atoms with van der Waals surface area (Å²) >= 11 is 0. The zero-order valence-corrected chi connectivity index (χ0v) is 10.8. The van der Waals surface area contributed by atoms with Crippen LogP contribution in [0, 0.1) is 11.8 Å². The van der Waals surface area contributed by atoms with Crippen LogP contribution in [0.5, 0.6) is 0 Å². The van der Waals surface area contributed by atoms with E-state index < -0.39 is 0 Å². The monoisotopic (exact) mass is 230 g/mol. The summed E-state index contributed by atoms with van der Waals surface area (Å²) in [6, 6.07) is 11.6. The minimum atomic E-state index is 0.741. The first kappa shape index (κ1) is 11.2. The largest absolute Gasteiger partial charge is 0.306 e. The van der Waals surface area contributed by atoms with E-state index in [1.165, 1.54) is 25.2 Å². The fourth-order valence-electron chi connectivity index (χ4n) is 3.62. The van der Waals surface area contributed by atoms with Crippen LogP contribution in [0.2, 0.25) is 0 Å². The first-order chi connectivity index (χ1) is 8.24. The summed E-state index contributed by atoms with van der Waals surface area (Å²) in [5.74, 6) is 1.79. The lowest BCUT2D eigenvalue weighted by Crippen LogP contribution is -2.33. The molecule has 0 spiro atoms. The molecule has 2 nitrogen and oxygen atoms in total. The average Bonchev–Trinajstić information content (AvgIpc) is 2.81. The van der Waals surface area contributed by atoms with Crippen molar-refractivity contribution in [2.24, 2.45) is 11.8 Å². The highest BCUT2D eigenvalue weighted by Gasteiger charge is 2.43. The van der Waals surface area contributed by atoms with Crippen LogP contribution in [0.15, 0.2) is 30.3 Å². The minimum Gasteiger partial charge on any atom is -0.306 e. The Kier molecular flexibility index (Phi) is 2.93. The molecule has 0 aliphatic carbocycles. The summed E-state index contributed by atoms with van der Waals surface area (Å²) in [6.45, 7) is 7.40. The maximum Gasteiger partial charge on any atom is 0.0236 e. The lowest BCUT2D eigenvalue weighted by Gasteiger charge is -2.25. The third-order valence-electron chi connectivity index (χ3n) is 4.57. The van der Waals surface area contributed by atoms with Crippen LogP contribution >= 0.6 is 0 Å². The van der Waals surface area contributed by atoms with Crippen molar-refractivity contribution < 1.29 is 0 Å². The molecule has 2 heteroatoms. The lowest BCUT2D eigenvalue weighted by molar-refractivity contribution is 0.210. The van der Waals surface area contributed by atoms with Gasteiger partial charge in [0, 0.05) is 32.2 Å². The van der Waals surface area contributed by atoms with Gasteiger partial charge in [0.1, 0.15) is 0 Å². The summed E-state index contributed by atoms with van der Waals surface area (Å²) < 4.78 is 0. The number of rotatable bonds is 2. The Morgan fingerprint density at radius 1 is 1.12 bits per heavy atom. The van der Waals surface area contributed by atoms with E-state index in [4.69, 9.17) is 0 Å². The van der Waals surface area contributed by atoms with Crippen molar-refractivity contribution in [1.29, 1.82) is 0 Å². The zero-order valence-electron chi connectivity index (χ0n) is 10.8. The van der Waals surface area contributed by atoms with E-state index in [9.17, 15) is 0 Å². The molecule has 2 saturated heterocycles. The van der Waals surface area contributed by atoms with Gasteiger partial charge in [0.15, 0.2) is 0 Å². The maximum atomic E-state index is 2.66. The van der Waals surface area contributed by atoms with Crippen molar-refractivity contribution in [3.05, 3.63) is 35.9 Å². The maximum absolute atomic E-state index is 2.66. The summed E-state index contributed by atoms with van der Waals surface area (Å²) in [6.07, 6.45) is 0. The molecular formula is C15H22N2. The molecule has 1 aromatic carbocycles. The molecule has 0 unspecified atom stereocenters. The van der Waals surface area contributed by atoms with Crippen LogP contribution < -0.4 is 0 Å². The first-order valence-corrected chi connectivity index (χ1v) is 6.70. The highest BCUT2D eigenvalue weighted by Crippen LogP contribution is 2.35. The molecule has 2 aliphatic rings. The van der Waals surface area contributed by atoms with Crippen molar-refractivity contribution in [2.45, 2.75) is 19.5 Å². The molecule has 3 rings (SSSR count). The standard InChI is InChI=1S/C15H22N2/c1-12-15-11-16(2)9-14(15)10-17(12)8-13-6-4-3-5-7-13/h3-7,12,14-15H,8-11H2,1-2H3/t12-,14-,15-/m1/s1. The summed E-state index contributed by atoms with van der Waals surface area (Å²) in [7, 11) is 2.26. The number of hydrogen-bond acceptors (Lipinski definition) is 2. The molecule has 0 aromatic heterocycles. The third-order valence-corrected chi connectivity index (χ3v) is 4.57. The number of hydrogen-bond donors (Lipinski definition) is 0. The molecule has 0 radical (unpaired) electrons. The van der Waals surface area contributed by atoms with Gasteiger partial charge in [-0.2, -0.15) is 0 Å². The molecule has 0 N–H and O–H groups in total. The molecule has 0 bridgehead atoms. The van der Waals surface area contributed by atoms with Gasteiger partial charge in [-0.05, 0) is 31.4 Å². The smallest absolute Gasteiger partial charge is 0.0236 e. The normalized spacial score (nSPS) is 34.1. The van der Waals surface area contributed by atoms with Crippen molar-refractivity contribution in [1.82, 2.24) is 9.80 Å². The van der Waals surface area contributed by atoms with Gasteiger partial charge in [0.2, 0.25) is 0 Å². The van der Waals surface area contributed by atoms with Crippen LogP contribution in [0.1, 0.15) is 12.5 Å². The van der Waals surface area contributed by atoms with Gasteiger partial charge >= 0.3 is 0 Å². The van der Waals surface area contributed by atoms with E-state index in [2.05, 4.69) is 54.1 Å². The summed E-state index contributed by atoms with van der Waals surface area (Å²) in [5, 5.41) is 0. The third kappa shape index (κ3) is 2.12. The van der Waals surface area contributed by atoms with Gasteiger partial charge in [-0.3, -0.25) is 4.90 Å². The Labute approximate surface area is 104 Å². The predicted octanol–water partition coefficient (Wildman–Crippen LogP) is 2.07. The molecular weight excluding hydrogens is 208 g/mol. The van der Waals surface area contributed by atoms with Crippen molar-refractivity contribution >= 4 is 0 Å². The SMILES string of the molecule is C[C@@H]1[C@H]2CN(C)C[C@@H]2CN1Cc1ccccc1. The van der Waals surface area contributed by atoms with Crippen LogP contribution in [0.3, 0.4) is 0 Å². The van der Waals surface area contributed by atoms with E-state index in [1.807, 2.05) is 0 Å². The number of fused-ring (bicyclic) bond motifs is 1. The van der Waals surface area contributed by atoms with Gasteiger partial charge in [0.05, 0.1) is 0 Å². The van der Waals surface area contributed by atoms with Crippen LogP contribution in [0.4, 0.5) is 0 Å². The average molecular weight is 230 g/mol. The molecule has 2 fully saturated rings. The lowest BCUT2D eigenvalue weighted by atomic mass is 9.95. The highest BCUT2D eigenvalue weighted by atomic mass is 15.2. The Morgan fingerprint density at radius 2 is 1.88 bits per heavy atom. The number of likely N-dealkylation sites (tertiary alicyclic amines) is 2. The van der Waals surface area contributed by atoms with E-state index in [-0.39, 0.29) is 0 Å². The Morgan fingerprint density at radius 3 is 2.59 bits per heavy atom. The fourth-order valence-corrected chi connectivity index (χ4v) is 3.62. The topological polar surface area (TPSA) is 6.48 Å². The van der Waals surface area contributed by atoms with Gasteiger partial charge in [0.25, 0.3) is 0 Å². The van der Waals surface area contributed by atoms with Crippen molar-refractivity contribution in [3.8, 4) is 0 Å². The molecule has 2 heterocycles. The van der Waals surface area contributed by atoms with E-state index in [0.717, 1.165) is 24.4 Å². The van der Waals surface area contributed by atoms with Crippen LogP contribution in [0.25, 0.3) is 0 Å². The molecule has 2 aliphatic heterocycles. The van der Waals surface area contributed by atoms with Gasteiger partial charge in [-0.1, -0.05) is 30.3 Å². The summed E-state index contributed by atoms with van der Waals surface area (Å²) in [4.78, 5) is 5.16. The molecule has 0 saturated carbocycles. The van der Waals surface area contributed by atoms with Gasteiger partial charge in [-0.15, -0.1) is 0 Å². The summed E-state index contributed by atoms with van der Waals surface area (Å²) in [5.41, 5.74) is 1.45. The Bertz CT molecular complexity index is 376. The second-order valence-corrected chi connectivity index (χ2v) is 5.80. The van der Waals surface area contributed by atoms with Crippen LogP contribution in [-0.4, -0.2) is 42.5 Å². The quantitative estimate of drug-likeness (QED) is 0.767. The number of benzene rings is 1. The number of nitrogens with zero attached hydrogens (tertiary/aromatic N) is 2. The zero-order chi connectivity index (χ0) is 11.8. The van der Waals surface area contributed by atoms with E-state index in [0.29, 0.717) is 0 Å². The molecule has 0 amide bonds. The fraction of sp³-hybridized carbons (Fsp3) is 0.600. The van der Waals surface area contributed by atoms with E-state index in [1.54, 1.807) is 0 Å². The second kappa shape index (κ2) is 4.43.